The average molecular weight is 301 g/mol. The van der Waals surface area contributed by atoms with Crippen LogP contribution in [0.3, 0.4) is 0 Å². The van der Waals surface area contributed by atoms with Crippen LogP contribution in [0.4, 0.5) is 13.2 Å². The fraction of sp³-hybridized carbons (Fsp3) is 0.500. The standard InChI is InChI=1S/C14H14F3NOS/c1-8-18-14(9-3-2-4-11(16)13(9)17)7-19-12(5-15)10(14)6-20-8/h2-4,10,12H,5-7H2,1H3/t10-,12-,14-/m1/s1. The Morgan fingerprint density at radius 1 is 1.45 bits per heavy atom. The Balaban J connectivity index is 2.16. The lowest BCUT2D eigenvalue weighted by atomic mass is 9.79. The highest BCUT2D eigenvalue weighted by Crippen LogP contribution is 2.48. The van der Waals surface area contributed by atoms with Crippen molar-refractivity contribution in [2.75, 3.05) is 19.0 Å². The Hall–Kier alpha value is -1.01. The summed E-state index contributed by atoms with van der Waals surface area (Å²) in [5, 5.41) is 0.785. The number of nitrogens with zero attached hydrogens (tertiary/aromatic N) is 1. The molecule has 0 N–H and O–H groups in total. The Morgan fingerprint density at radius 2 is 2.25 bits per heavy atom. The predicted molar refractivity (Wildman–Crippen MR) is 72.8 cm³/mol. The van der Waals surface area contributed by atoms with Gasteiger partial charge in [0.25, 0.3) is 0 Å². The molecule has 0 bridgehead atoms. The van der Waals surface area contributed by atoms with Crippen molar-refractivity contribution in [2.45, 2.75) is 18.6 Å². The summed E-state index contributed by atoms with van der Waals surface area (Å²) in [5.41, 5.74) is -0.837. The van der Waals surface area contributed by atoms with Crippen LogP contribution in [0.1, 0.15) is 12.5 Å². The van der Waals surface area contributed by atoms with Crippen molar-refractivity contribution in [3.05, 3.63) is 35.4 Å². The van der Waals surface area contributed by atoms with Gasteiger partial charge in [-0.15, -0.1) is 11.8 Å². The maximum absolute atomic E-state index is 14.2. The maximum atomic E-state index is 14.2. The highest BCUT2D eigenvalue weighted by Gasteiger charge is 2.54. The summed E-state index contributed by atoms with van der Waals surface area (Å²) in [4.78, 5) is 4.53. The molecule has 1 aromatic carbocycles. The van der Waals surface area contributed by atoms with E-state index in [0.29, 0.717) is 5.75 Å². The first kappa shape index (κ1) is 13.9. The summed E-state index contributed by atoms with van der Waals surface area (Å²) < 4.78 is 46.2. The molecule has 0 unspecified atom stereocenters. The molecule has 0 saturated carbocycles. The second kappa shape index (κ2) is 5.07. The van der Waals surface area contributed by atoms with Gasteiger partial charge in [-0.1, -0.05) is 12.1 Å². The van der Waals surface area contributed by atoms with Crippen LogP contribution in [0.2, 0.25) is 0 Å². The Kier molecular flexibility index (Phi) is 3.54. The summed E-state index contributed by atoms with van der Waals surface area (Å²) in [6.07, 6.45) is -0.609. The Labute approximate surface area is 119 Å². The van der Waals surface area contributed by atoms with Gasteiger partial charge in [0, 0.05) is 17.2 Å². The van der Waals surface area contributed by atoms with E-state index >= 15 is 0 Å². The second-order valence-corrected chi connectivity index (χ2v) is 6.29. The zero-order chi connectivity index (χ0) is 14.3. The molecule has 108 valence electrons. The van der Waals surface area contributed by atoms with Crippen molar-refractivity contribution in [3.8, 4) is 0 Å². The fourth-order valence-corrected chi connectivity index (χ4v) is 4.12. The normalized spacial score (nSPS) is 32.9. The molecule has 6 heteroatoms. The van der Waals surface area contributed by atoms with Gasteiger partial charge in [0.2, 0.25) is 0 Å². The van der Waals surface area contributed by atoms with Gasteiger partial charge in [0.15, 0.2) is 11.6 Å². The highest BCUT2D eigenvalue weighted by atomic mass is 32.2. The van der Waals surface area contributed by atoms with E-state index in [9.17, 15) is 13.2 Å². The fourth-order valence-electron chi connectivity index (χ4n) is 2.98. The molecule has 0 radical (unpaired) electrons. The molecular weight excluding hydrogens is 287 g/mol. The molecule has 2 aliphatic heterocycles. The van der Waals surface area contributed by atoms with Crippen LogP contribution >= 0.6 is 11.8 Å². The minimum absolute atomic E-state index is 0.0878. The summed E-state index contributed by atoms with van der Waals surface area (Å²) >= 11 is 1.50. The lowest BCUT2D eigenvalue weighted by Gasteiger charge is -2.35. The van der Waals surface area contributed by atoms with Gasteiger partial charge < -0.3 is 4.74 Å². The lowest BCUT2D eigenvalue weighted by Crippen LogP contribution is -2.41. The van der Waals surface area contributed by atoms with Gasteiger partial charge in [-0.3, -0.25) is 4.99 Å². The second-order valence-electron chi connectivity index (χ2n) is 5.08. The number of ether oxygens (including phenoxy) is 1. The molecule has 3 rings (SSSR count). The molecule has 3 atom stereocenters. The van der Waals surface area contributed by atoms with Crippen LogP contribution < -0.4 is 0 Å². The summed E-state index contributed by atoms with van der Waals surface area (Å²) in [6, 6.07) is 4.04. The smallest absolute Gasteiger partial charge is 0.164 e. The van der Waals surface area contributed by atoms with Crippen molar-refractivity contribution >= 4 is 16.8 Å². The molecule has 1 aromatic rings. The predicted octanol–water partition coefficient (Wildman–Crippen LogP) is 3.31. The molecule has 0 spiro atoms. The molecule has 0 aromatic heterocycles. The first-order valence-corrected chi connectivity index (χ1v) is 7.38. The van der Waals surface area contributed by atoms with Crippen LogP contribution in [-0.2, 0) is 10.3 Å². The summed E-state index contributed by atoms with van der Waals surface area (Å²) in [7, 11) is 0. The van der Waals surface area contributed by atoms with Crippen LogP contribution in [0, 0.1) is 17.6 Å². The lowest BCUT2D eigenvalue weighted by molar-refractivity contribution is 0.0721. The van der Waals surface area contributed by atoms with E-state index in [2.05, 4.69) is 4.99 Å². The molecule has 1 fully saturated rings. The molecular formula is C14H14F3NOS. The molecule has 2 aliphatic rings. The number of benzene rings is 1. The SMILES string of the molecule is CC1=N[C@@]2(c3cccc(F)c3F)CO[C@H](CF)[C@H]2CS1. The number of halogens is 3. The molecule has 1 saturated heterocycles. The van der Waals surface area contributed by atoms with E-state index in [1.54, 1.807) is 0 Å². The van der Waals surface area contributed by atoms with E-state index in [4.69, 9.17) is 4.74 Å². The van der Waals surface area contributed by atoms with Gasteiger partial charge in [-0.2, -0.15) is 0 Å². The molecule has 2 nitrogen and oxygen atoms in total. The van der Waals surface area contributed by atoms with Crippen molar-refractivity contribution in [3.63, 3.8) is 0 Å². The number of alkyl halides is 1. The monoisotopic (exact) mass is 301 g/mol. The molecule has 20 heavy (non-hydrogen) atoms. The minimum Gasteiger partial charge on any atom is -0.372 e. The van der Waals surface area contributed by atoms with Crippen LogP contribution in [-0.4, -0.2) is 30.2 Å². The van der Waals surface area contributed by atoms with Crippen molar-refractivity contribution in [2.24, 2.45) is 10.9 Å². The van der Waals surface area contributed by atoms with Gasteiger partial charge in [-0.05, 0) is 13.0 Å². The third-order valence-electron chi connectivity index (χ3n) is 3.98. The molecule has 2 heterocycles. The first-order valence-electron chi connectivity index (χ1n) is 6.40. The topological polar surface area (TPSA) is 21.6 Å². The van der Waals surface area contributed by atoms with Gasteiger partial charge in [0.1, 0.15) is 12.2 Å². The largest absolute Gasteiger partial charge is 0.372 e. The average Bonchev–Trinajstić information content (AvgIpc) is 2.80. The Morgan fingerprint density at radius 3 is 3.00 bits per heavy atom. The van der Waals surface area contributed by atoms with E-state index < -0.39 is 30.0 Å². The zero-order valence-electron chi connectivity index (χ0n) is 10.9. The number of hydrogen-bond donors (Lipinski definition) is 0. The van der Waals surface area contributed by atoms with Crippen LogP contribution in [0.25, 0.3) is 0 Å². The van der Waals surface area contributed by atoms with E-state index in [1.807, 2.05) is 6.92 Å². The number of rotatable bonds is 2. The van der Waals surface area contributed by atoms with Crippen molar-refractivity contribution in [1.82, 2.24) is 0 Å². The maximum Gasteiger partial charge on any atom is 0.164 e. The van der Waals surface area contributed by atoms with Crippen LogP contribution in [0.15, 0.2) is 23.2 Å². The number of hydrogen-bond acceptors (Lipinski definition) is 3. The molecule has 0 amide bonds. The van der Waals surface area contributed by atoms with Gasteiger partial charge in [0.05, 0.1) is 17.8 Å². The number of aliphatic imine (C=N–C) groups is 1. The quantitative estimate of drug-likeness (QED) is 0.836. The minimum atomic E-state index is -1.00. The van der Waals surface area contributed by atoms with Gasteiger partial charge in [-0.25, -0.2) is 13.2 Å². The van der Waals surface area contributed by atoms with E-state index in [-0.39, 0.29) is 18.1 Å². The first-order chi connectivity index (χ1) is 9.58. The highest BCUT2D eigenvalue weighted by molar-refractivity contribution is 8.13. The number of thioether (sulfide) groups is 1. The van der Waals surface area contributed by atoms with Crippen molar-refractivity contribution in [1.29, 1.82) is 0 Å². The summed E-state index contributed by atoms with van der Waals surface area (Å²) in [5.74, 6) is -1.51. The number of fused-ring (bicyclic) bond motifs is 1. The molecule has 0 aliphatic carbocycles. The van der Waals surface area contributed by atoms with Crippen molar-refractivity contribution < 1.29 is 17.9 Å². The van der Waals surface area contributed by atoms with E-state index in [0.717, 1.165) is 11.1 Å². The summed E-state index contributed by atoms with van der Waals surface area (Å²) in [6.45, 7) is 1.27. The van der Waals surface area contributed by atoms with Crippen LogP contribution in [0.5, 0.6) is 0 Å². The third kappa shape index (κ3) is 1.97. The van der Waals surface area contributed by atoms with E-state index in [1.165, 1.54) is 23.9 Å². The van der Waals surface area contributed by atoms with Gasteiger partial charge >= 0.3 is 0 Å². The third-order valence-corrected chi connectivity index (χ3v) is 5.01. The zero-order valence-corrected chi connectivity index (χ0v) is 11.7. The Bertz CT molecular complexity index is 565.